The van der Waals surface area contributed by atoms with Crippen molar-refractivity contribution in [3.63, 3.8) is 0 Å². The lowest BCUT2D eigenvalue weighted by Gasteiger charge is -2.07. The number of nitrogens with zero attached hydrogens (tertiary/aromatic N) is 4. The van der Waals surface area contributed by atoms with Crippen LogP contribution in [-0.2, 0) is 11.3 Å². The maximum absolute atomic E-state index is 12.6. The summed E-state index contributed by atoms with van der Waals surface area (Å²) in [6.07, 6.45) is 0. The second-order valence-corrected chi connectivity index (χ2v) is 7.79. The number of carbonyl (C=O) groups is 1. The summed E-state index contributed by atoms with van der Waals surface area (Å²) in [7, 11) is 0. The van der Waals surface area contributed by atoms with Gasteiger partial charge in [0, 0.05) is 23.4 Å². The third-order valence-corrected chi connectivity index (χ3v) is 5.30. The second-order valence-electron chi connectivity index (χ2n) is 7.79. The molecule has 0 aliphatic heterocycles. The Bertz CT molecular complexity index is 1510. The summed E-state index contributed by atoms with van der Waals surface area (Å²) in [4.78, 5) is 29.6. The van der Waals surface area contributed by atoms with Gasteiger partial charge in [0.1, 0.15) is 12.3 Å². The lowest BCUT2D eigenvalue weighted by atomic mass is 10.1. The van der Waals surface area contributed by atoms with Gasteiger partial charge in [-0.3, -0.25) is 9.89 Å². The van der Waals surface area contributed by atoms with Crippen molar-refractivity contribution in [3.05, 3.63) is 106 Å². The highest BCUT2D eigenvalue weighted by molar-refractivity contribution is 5.88. The highest BCUT2D eigenvalue weighted by Crippen LogP contribution is 2.17. The van der Waals surface area contributed by atoms with E-state index < -0.39 is 5.97 Å². The Labute approximate surface area is 189 Å². The smallest absolute Gasteiger partial charge is 0.356 e. The first kappa shape index (κ1) is 20.4. The van der Waals surface area contributed by atoms with Crippen molar-refractivity contribution in [1.82, 2.24) is 24.4 Å². The van der Waals surface area contributed by atoms with E-state index in [0.717, 1.165) is 28.2 Å². The zero-order valence-corrected chi connectivity index (χ0v) is 18.1. The van der Waals surface area contributed by atoms with Crippen molar-refractivity contribution in [2.45, 2.75) is 20.5 Å². The summed E-state index contributed by atoms with van der Waals surface area (Å²) in [5.74, 6) is -0.566. The van der Waals surface area contributed by atoms with E-state index in [1.165, 1.54) is 16.6 Å². The standard InChI is InChI=1S/C25H21N5O3/c1-16-12-17(2)29(27-16)20-10-8-18(9-11-20)15-33-25(32)22-13-23-26-21(14-24(31)30(23)28-22)19-6-4-3-5-7-19/h3-14,28H,15H2,1-2H3. The van der Waals surface area contributed by atoms with Crippen molar-refractivity contribution < 1.29 is 9.53 Å². The van der Waals surface area contributed by atoms with Crippen LogP contribution in [-0.4, -0.2) is 30.3 Å². The summed E-state index contributed by atoms with van der Waals surface area (Å²) >= 11 is 0. The van der Waals surface area contributed by atoms with Crippen LogP contribution in [0, 0.1) is 13.8 Å². The largest absolute Gasteiger partial charge is 0.456 e. The minimum atomic E-state index is -0.566. The van der Waals surface area contributed by atoms with Gasteiger partial charge in [0.15, 0.2) is 5.65 Å². The second kappa shape index (κ2) is 8.23. The lowest BCUT2D eigenvalue weighted by molar-refractivity contribution is 0.0465. The van der Waals surface area contributed by atoms with Gasteiger partial charge in [0.05, 0.1) is 17.1 Å². The zero-order chi connectivity index (χ0) is 22.9. The molecule has 5 rings (SSSR count). The molecule has 0 bridgehead atoms. The molecule has 0 spiro atoms. The number of esters is 1. The molecule has 1 N–H and O–H groups in total. The first-order chi connectivity index (χ1) is 16.0. The molecule has 0 amide bonds. The third kappa shape index (κ3) is 4.06. The number of aromatic nitrogens is 5. The van der Waals surface area contributed by atoms with Crippen LogP contribution in [0.15, 0.2) is 77.6 Å². The van der Waals surface area contributed by atoms with Gasteiger partial charge in [-0.25, -0.2) is 19.0 Å². The molecule has 0 saturated heterocycles. The summed E-state index contributed by atoms with van der Waals surface area (Å²) in [6, 6.07) is 22.0. The molecule has 0 atom stereocenters. The molecule has 0 aliphatic rings. The summed E-state index contributed by atoms with van der Waals surface area (Å²) in [5, 5.41) is 7.24. The molecule has 33 heavy (non-hydrogen) atoms. The number of fused-ring (bicyclic) bond motifs is 1. The van der Waals surface area contributed by atoms with E-state index in [1.54, 1.807) is 0 Å². The van der Waals surface area contributed by atoms with E-state index in [4.69, 9.17) is 4.74 Å². The maximum atomic E-state index is 12.6. The number of aromatic amines is 1. The van der Waals surface area contributed by atoms with Crippen molar-refractivity contribution >= 4 is 11.6 Å². The topological polar surface area (TPSA) is 94.3 Å². The van der Waals surface area contributed by atoms with Crippen molar-refractivity contribution in [3.8, 4) is 16.9 Å². The minimum absolute atomic E-state index is 0.100. The normalized spacial score (nSPS) is 11.1. The van der Waals surface area contributed by atoms with E-state index in [1.807, 2.05) is 79.2 Å². The number of ether oxygens (including phenoxy) is 1. The van der Waals surface area contributed by atoms with Gasteiger partial charge in [-0.2, -0.15) is 5.10 Å². The monoisotopic (exact) mass is 439 g/mol. The Hall–Kier alpha value is -4.46. The molecule has 5 aromatic rings. The molecule has 0 unspecified atom stereocenters. The predicted octanol–water partition coefficient (Wildman–Crippen LogP) is 3.85. The van der Waals surface area contributed by atoms with E-state index in [9.17, 15) is 9.59 Å². The van der Waals surface area contributed by atoms with Crippen molar-refractivity contribution in [2.24, 2.45) is 0 Å². The Balaban J connectivity index is 1.31. The van der Waals surface area contributed by atoms with Crippen LogP contribution in [0.3, 0.4) is 0 Å². The molecule has 3 heterocycles. The lowest BCUT2D eigenvalue weighted by Crippen LogP contribution is -2.15. The van der Waals surface area contributed by atoms with Crippen LogP contribution < -0.4 is 5.56 Å². The van der Waals surface area contributed by atoms with Crippen LogP contribution in [0.4, 0.5) is 0 Å². The fourth-order valence-electron chi connectivity index (χ4n) is 3.70. The minimum Gasteiger partial charge on any atom is -0.456 e. The van der Waals surface area contributed by atoms with Gasteiger partial charge in [-0.15, -0.1) is 0 Å². The van der Waals surface area contributed by atoms with Crippen LogP contribution >= 0.6 is 0 Å². The van der Waals surface area contributed by atoms with E-state index in [2.05, 4.69) is 15.2 Å². The van der Waals surface area contributed by atoms with E-state index >= 15 is 0 Å². The molecule has 0 saturated carbocycles. The average Bonchev–Trinajstić information content (AvgIpc) is 3.41. The first-order valence-corrected chi connectivity index (χ1v) is 10.5. The highest BCUT2D eigenvalue weighted by atomic mass is 16.5. The fraction of sp³-hybridized carbons (Fsp3) is 0.120. The van der Waals surface area contributed by atoms with Crippen LogP contribution in [0.5, 0.6) is 0 Å². The molecular formula is C25H21N5O3. The number of H-pyrrole nitrogens is 1. The van der Waals surface area contributed by atoms with Crippen LogP contribution in [0.1, 0.15) is 27.4 Å². The molecule has 2 aromatic carbocycles. The maximum Gasteiger partial charge on any atom is 0.356 e. The zero-order valence-electron chi connectivity index (χ0n) is 18.1. The number of benzene rings is 2. The van der Waals surface area contributed by atoms with Crippen molar-refractivity contribution in [2.75, 3.05) is 0 Å². The van der Waals surface area contributed by atoms with Gasteiger partial charge in [-0.05, 0) is 37.6 Å². The average molecular weight is 439 g/mol. The van der Waals surface area contributed by atoms with Gasteiger partial charge < -0.3 is 4.74 Å². The molecule has 8 heteroatoms. The van der Waals surface area contributed by atoms with Gasteiger partial charge in [0.2, 0.25) is 0 Å². The Kier molecular flexibility index (Phi) is 5.10. The molecule has 3 aromatic heterocycles. The van der Waals surface area contributed by atoms with Crippen molar-refractivity contribution in [1.29, 1.82) is 0 Å². The molecule has 164 valence electrons. The number of aryl methyl sites for hydroxylation is 2. The van der Waals surface area contributed by atoms with E-state index in [-0.39, 0.29) is 17.9 Å². The Morgan fingerprint density at radius 1 is 1.00 bits per heavy atom. The SMILES string of the molecule is Cc1cc(C)n(-c2ccc(COC(=O)c3cc4nc(-c5ccccc5)cc(=O)n4[nH]3)cc2)n1. The number of hydrogen-bond donors (Lipinski definition) is 1. The molecular weight excluding hydrogens is 418 g/mol. The van der Waals surface area contributed by atoms with Gasteiger partial charge in [0.25, 0.3) is 5.56 Å². The van der Waals surface area contributed by atoms with Crippen LogP contribution in [0.2, 0.25) is 0 Å². The molecule has 0 radical (unpaired) electrons. The number of carbonyl (C=O) groups excluding carboxylic acids is 1. The Morgan fingerprint density at radius 3 is 2.45 bits per heavy atom. The van der Waals surface area contributed by atoms with E-state index in [0.29, 0.717) is 11.3 Å². The summed E-state index contributed by atoms with van der Waals surface area (Å²) in [5.41, 5.74) is 5.34. The molecule has 0 fully saturated rings. The Morgan fingerprint density at radius 2 is 1.76 bits per heavy atom. The number of nitrogens with one attached hydrogen (secondary N) is 1. The number of hydrogen-bond acceptors (Lipinski definition) is 5. The predicted molar refractivity (Wildman–Crippen MR) is 123 cm³/mol. The van der Waals surface area contributed by atoms with Crippen LogP contribution in [0.25, 0.3) is 22.6 Å². The van der Waals surface area contributed by atoms with Gasteiger partial charge in [-0.1, -0.05) is 42.5 Å². The summed E-state index contributed by atoms with van der Waals surface area (Å²) in [6.45, 7) is 4.05. The third-order valence-electron chi connectivity index (χ3n) is 5.30. The first-order valence-electron chi connectivity index (χ1n) is 10.5. The molecule has 0 aliphatic carbocycles. The molecule has 8 nitrogen and oxygen atoms in total. The highest BCUT2D eigenvalue weighted by Gasteiger charge is 2.14. The number of rotatable bonds is 5. The quantitative estimate of drug-likeness (QED) is 0.420. The van der Waals surface area contributed by atoms with Gasteiger partial charge >= 0.3 is 5.97 Å². The fourth-order valence-corrected chi connectivity index (χ4v) is 3.70. The summed E-state index contributed by atoms with van der Waals surface area (Å²) < 4.78 is 8.53.